The Hall–Kier alpha value is -1.75. The Morgan fingerprint density at radius 1 is 1.31 bits per heavy atom. The lowest BCUT2D eigenvalue weighted by atomic mass is 10.2. The maximum Gasteiger partial charge on any atom is 0.0795 e. The Morgan fingerprint density at radius 3 is 2.75 bits per heavy atom. The number of nitrogen functional groups attached to an aromatic ring is 2. The average molecular weight is 234 g/mol. The van der Waals surface area contributed by atoms with Gasteiger partial charge in [-0.3, -0.25) is 0 Å². The van der Waals surface area contributed by atoms with Gasteiger partial charge in [-0.05, 0) is 18.2 Å². The number of hydrogen-bond donors (Lipinski definition) is 2. The molecule has 0 spiro atoms. The smallest absolute Gasteiger partial charge is 0.0795 e. The van der Waals surface area contributed by atoms with Crippen LogP contribution >= 0.6 is 11.3 Å². The number of hydrogen-bond acceptors (Lipinski definition) is 5. The molecule has 0 bridgehead atoms. The normalized spacial score (nSPS) is 10.3. The van der Waals surface area contributed by atoms with Crippen molar-refractivity contribution in [2.45, 2.75) is 6.54 Å². The summed E-state index contributed by atoms with van der Waals surface area (Å²) >= 11 is 1.60. The van der Waals surface area contributed by atoms with E-state index >= 15 is 0 Å². The second kappa shape index (κ2) is 4.40. The molecule has 1 aromatic carbocycles. The summed E-state index contributed by atoms with van der Waals surface area (Å²) in [6.07, 6.45) is 0. The molecule has 1 aromatic heterocycles. The van der Waals surface area contributed by atoms with E-state index in [1.165, 1.54) is 0 Å². The van der Waals surface area contributed by atoms with Gasteiger partial charge >= 0.3 is 0 Å². The van der Waals surface area contributed by atoms with E-state index in [-0.39, 0.29) is 0 Å². The van der Waals surface area contributed by atoms with Crippen molar-refractivity contribution in [1.29, 1.82) is 0 Å². The van der Waals surface area contributed by atoms with E-state index in [0.29, 0.717) is 11.4 Å². The number of aromatic nitrogens is 1. The minimum atomic E-state index is 0.614. The summed E-state index contributed by atoms with van der Waals surface area (Å²) in [5.41, 5.74) is 16.6. The van der Waals surface area contributed by atoms with Crippen LogP contribution in [0.3, 0.4) is 0 Å². The van der Waals surface area contributed by atoms with Gasteiger partial charge in [-0.25, -0.2) is 4.98 Å². The fraction of sp³-hybridized carbons (Fsp3) is 0.182. The van der Waals surface area contributed by atoms with Gasteiger partial charge in [0.25, 0.3) is 0 Å². The Morgan fingerprint density at radius 2 is 2.12 bits per heavy atom. The van der Waals surface area contributed by atoms with Crippen molar-refractivity contribution >= 4 is 28.4 Å². The van der Waals surface area contributed by atoms with Crippen LogP contribution in [0.4, 0.5) is 17.1 Å². The third-order valence-electron chi connectivity index (χ3n) is 2.39. The molecule has 2 rings (SSSR count). The highest BCUT2D eigenvalue weighted by molar-refractivity contribution is 7.07. The molecule has 4 nitrogen and oxygen atoms in total. The van der Waals surface area contributed by atoms with Crippen LogP contribution in [0.15, 0.2) is 29.1 Å². The molecule has 4 N–H and O–H groups in total. The predicted octanol–water partition coefficient (Wildman–Crippen LogP) is 1.94. The van der Waals surface area contributed by atoms with Crippen LogP contribution in [0.5, 0.6) is 0 Å². The van der Waals surface area contributed by atoms with Gasteiger partial charge in [-0.15, -0.1) is 11.3 Å². The van der Waals surface area contributed by atoms with E-state index in [0.717, 1.165) is 17.9 Å². The minimum absolute atomic E-state index is 0.614. The van der Waals surface area contributed by atoms with E-state index in [4.69, 9.17) is 11.5 Å². The lowest BCUT2D eigenvalue weighted by Gasteiger charge is -2.18. The fourth-order valence-corrected chi connectivity index (χ4v) is 2.00. The van der Waals surface area contributed by atoms with Gasteiger partial charge in [0, 0.05) is 18.1 Å². The van der Waals surface area contributed by atoms with Crippen LogP contribution in [-0.2, 0) is 6.54 Å². The molecule has 0 amide bonds. The highest BCUT2D eigenvalue weighted by atomic mass is 32.1. The number of nitrogens with zero attached hydrogens (tertiary/aromatic N) is 2. The number of nitrogens with two attached hydrogens (primary N) is 2. The summed E-state index contributed by atoms with van der Waals surface area (Å²) in [5.74, 6) is 0. The van der Waals surface area contributed by atoms with Gasteiger partial charge in [-0.1, -0.05) is 0 Å². The Labute approximate surface area is 98.5 Å². The number of thiazole rings is 1. The van der Waals surface area contributed by atoms with Gasteiger partial charge in [0.2, 0.25) is 0 Å². The van der Waals surface area contributed by atoms with Crippen molar-refractivity contribution in [3.05, 3.63) is 34.8 Å². The molecular formula is C11H14N4S. The van der Waals surface area contributed by atoms with Crippen molar-refractivity contribution in [2.24, 2.45) is 0 Å². The quantitative estimate of drug-likeness (QED) is 0.796. The van der Waals surface area contributed by atoms with E-state index in [2.05, 4.69) is 9.88 Å². The van der Waals surface area contributed by atoms with Crippen LogP contribution in [0.1, 0.15) is 5.69 Å². The number of rotatable bonds is 3. The Kier molecular flexibility index (Phi) is 2.96. The summed E-state index contributed by atoms with van der Waals surface area (Å²) < 4.78 is 0. The SMILES string of the molecule is CN(Cc1cscn1)c1ccc(N)c(N)c1. The van der Waals surface area contributed by atoms with Crippen molar-refractivity contribution in [1.82, 2.24) is 4.98 Å². The topological polar surface area (TPSA) is 68.2 Å². The Bertz CT molecular complexity index is 467. The lowest BCUT2D eigenvalue weighted by Crippen LogP contribution is -2.16. The summed E-state index contributed by atoms with van der Waals surface area (Å²) in [6.45, 7) is 0.771. The zero-order valence-electron chi connectivity index (χ0n) is 9.05. The lowest BCUT2D eigenvalue weighted by molar-refractivity contribution is 0.895. The van der Waals surface area contributed by atoms with E-state index in [1.807, 2.05) is 36.1 Å². The average Bonchev–Trinajstić information content (AvgIpc) is 2.74. The first-order chi connectivity index (χ1) is 7.66. The molecule has 0 aliphatic carbocycles. The summed E-state index contributed by atoms with van der Waals surface area (Å²) in [7, 11) is 2.00. The van der Waals surface area contributed by atoms with Crippen LogP contribution in [0.25, 0.3) is 0 Å². The second-order valence-electron chi connectivity index (χ2n) is 3.65. The number of anilines is 3. The zero-order chi connectivity index (χ0) is 11.5. The number of benzene rings is 1. The van der Waals surface area contributed by atoms with Gasteiger partial charge in [0.05, 0.1) is 29.1 Å². The third-order valence-corrected chi connectivity index (χ3v) is 3.03. The molecule has 0 fully saturated rings. The van der Waals surface area contributed by atoms with Gasteiger partial charge in [-0.2, -0.15) is 0 Å². The second-order valence-corrected chi connectivity index (χ2v) is 4.37. The largest absolute Gasteiger partial charge is 0.397 e. The summed E-state index contributed by atoms with van der Waals surface area (Å²) in [5, 5.41) is 2.04. The van der Waals surface area contributed by atoms with E-state index < -0.39 is 0 Å². The zero-order valence-corrected chi connectivity index (χ0v) is 9.87. The maximum atomic E-state index is 5.77. The molecule has 84 valence electrons. The molecule has 0 saturated heterocycles. The molecule has 0 atom stereocenters. The first-order valence-electron chi connectivity index (χ1n) is 4.90. The molecule has 2 aromatic rings. The van der Waals surface area contributed by atoms with E-state index in [1.54, 1.807) is 11.3 Å². The van der Waals surface area contributed by atoms with Crippen LogP contribution in [-0.4, -0.2) is 12.0 Å². The Balaban J connectivity index is 2.14. The molecule has 0 radical (unpaired) electrons. The molecule has 0 unspecified atom stereocenters. The van der Waals surface area contributed by atoms with Crippen molar-refractivity contribution in [3.8, 4) is 0 Å². The minimum Gasteiger partial charge on any atom is -0.397 e. The fourth-order valence-electron chi connectivity index (χ4n) is 1.45. The monoisotopic (exact) mass is 234 g/mol. The van der Waals surface area contributed by atoms with Crippen molar-refractivity contribution in [3.63, 3.8) is 0 Å². The van der Waals surface area contributed by atoms with Crippen molar-refractivity contribution < 1.29 is 0 Å². The first-order valence-corrected chi connectivity index (χ1v) is 5.84. The molecule has 16 heavy (non-hydrogen) atoms. The summed E-state index contributed by atoms with van der Waals surface area (Å²) in [4.78, 5) is 6.33. The highest BCUT2D eigenvalue weighted by Crippen LogP contribution is 2.23. The third kappa shape index (κ3) is 2.25. The van der Waals surface area contributed by atoms with Gasteiger partial charge in [0.1, 0.15) is 0 Å². The predicted molar refractivity (Wildman–Crippen MR) is 69.5 cm³/mol. The molecule has 0 aliphatic heterocycles. The first kappa shape index (κ1) is 10.8. The molecule has 1 heterocycles. The van der Waals surface area contributed by atoms with Crippen LogP contribution in [0, 0.1) is 0 Å². The summed E-state index contributed by atoms with van der Waals surface area (Å²) in [6, 6.07) is 5.65. The van der Waals surface area contributed by atoms with Crippen molar-refractivity contribution in [2.75, 3.05) is 23.4 Å². The standard InChI is InChI=1S/C11H14N4S/c1-15(5-8-6-16-7-14-8)9-2-3-10(12)11(13)4-9/h2-4,6-7H,5,12-13H2,1H3. The molecule has 5 heteroatoms. The van der Waals surface area contributed by atoms with E-state index in [9.17, 15) is 0 Å². The molecular weight excluding hydrogens is 220 g/mol. The van der Waals surface area contributed by atoms with Gasteiger partial charge < -0.3 is 16.4 Å². The van der Waals surface area contributed by atoms with Crippen LogP contribution < -0.4 is 16.4 Å². The van der Waals surface area contributed by atoms with Crippen LogP contribution in [0.2, 0.25) is 0 Å². The maximum absolute atomic E-state index is 5.77. The molecule has 0 aliphatic rings. The molecule has 0 saturated carbocycles. The highest BCUT2D eigenvalue weighted by Gasteiger charge is 2.05. The van der Waals surface area contributed by atoms with Gasteiger partial charge in [0.15, 0.2) is 0 Å².